The molecule has 1 aliphatic carbocycles. The molecule has 1 unspecified atom stereocenters. The first-order chi connectivity index (χ1) is 8.65. The number of amides is 2. The number of nitrogens with zero attached hydrogens (tertiary/aromatic N) is 1. The van der Waals surface area contributed by atoms with E-state index in [1.165, 1.54) is 5.56 Å². The number of urea groups is 1. The van der Waals surface area contributed by atoms with Crippen LogP contribution in [0.15, 0.2) is 24.3 Å². The van der Waals surface area contributed by atoms with Crippen LogP contribution in [0.3, 0.4) is 0 Å². The highest BCUT2D eigenvalue weighted by molar-refractivity contribution is 5.95. The summed E-state index contributed by atoms with van der Waals surface area (Å²) in [7, 11) is 0. The molecule has 3 rings (SSSR count). The van der Waals surface area contributed by atoms with E-state index in [0.29, 0.717) is 0 Å². The smallest absolute Gasteiger partial charge is 0.322 e. The van der Waals surface area contributed by atoms with Crippen molar-refractivity contribution in [3.8, 4) is 0 Å². The van der Waals surface area contributed by atoms with Gasteiger partial charge in [0.15, 0.2) is 0 Å². The van der Waals surface area contributed by atoms with E-state index in [0.717, 1.165) is 31.6 Å². The van der Waals surface area contributed by atoms with Crippen molar-refractivity contribution in [2.75, 3.05) is 18.0 Å². The predicted molar refractivity (Wildman–Crippen MR) is 71.7 cm³/mol. The number of hydrogen-bond donors (Lipinski definition) is 2. The maximum atomic E-state index is 11.8. The Kier molecular flexibility index (Phi) is 2.55. The Balaban J connectivity index is 2.03. The fraction of sp³-hybridized carbons (Fsp3) is 0.500. The molecule has 0 spiro atoms. The van der Waals surface area contributed by atoms with Crippen LogP contribution in [0.25, 0.3) is 0 Å². The summed E-state index contributed by atoms with van der Waals surface area (Å²) in [5, 5.41) is 2.85. The summed E-state index contributed by atoms with van der Waals surface area (Å²) in [6.45, 7) is 3.52. The van der Waals surface area contributed by atoms with Crippen LogP contribution in [-0.2, 0) is 5.41 Å². The quantitative estimate of drug-likeness (QED) is 0.849. The molecule has 0 radical (unpaired) electrons. The molecule has 1 heterocycles. The number of hydrogen-bond acceptors (Lipinski definition) is 2. The van der Waals surface area contributed by atoms with Gasteiger partial charge in [-0.25, -0.2) is 4.79 Å². The van der Waals surface area contributed by atoms with Gasteiger partial charge in [0.05, 0.1) is 0 Å². The van der Waals surface area contributed by atoms with Crippen LogP contribution in [0.1, 0.15) is 25.3 Å². The van der Waals surface area contributed by atoms with Gasteiger partial charge >= 0.3 is 6.03 Å². The summed E-state index contributed by atoms with van der Waals surface area (Å²) >= 11 is 0. The maximum absolute atomic E-state index is 11.8. The van der Waals surface area contributed by atoms with E-state index < -0.39 is 0 Å². The SMILES string of the molecule is CC(N)C1(c2ccccc2N2CCNC2=O)CC1. The Morgan fingerprint density at radius 1 is 1.39 bits per heavy atom. The van der Waals surface area contributed by atoms with Gasteiger partial charge < -0.3 is 11.1 Å². The highest BCUT2D eigenvalue weighted by atomic mass is 16.2. The first-order valence-corrected chi connectivity index (χ1v) is 6.55. The van der Waals surface area contributed by atoms with Gasteiger partial charge in [-0.05, 0) is 31.4 Å². The van der Waals surface area contributed by atoms with Crippen molar-refractivity contribution in [1.29, 1.82) is 0 Å². The second kappa shape index (κ2) is 3.99. The molecule has 4 heteroatoms. The van der Waals surface area contributed by atoms with Crippen LogP contribution in [0.5, 0.6) is 0 Å². The Labute approximate surface area is 107 Å². The van der Waals surface area contributed by atoms with E-state index in [-0.39, 0.29) is 17.5 Å². The van der Waals surface area contributed by atoms with Crippen molar-refractivity contribution >= 4 is 11.7 Å². The lowest BCUT2D eigenvalue weighted by Crippen LogP contribution is -2.35. The third-order valence-corrected chi connectivity index (χ3v) is 4.25. The largest absolute Gasteiger partial charge is 0.336 e. The molecule has 1 aromatic carbocycles. The average molecular weight is 245 g/mol. The lowest BCUT2D eigenvalue weighted by Gasteiger charge is -2.26. The molecule has 4 nitrogen and oxygen atoms in total. The average Bonchev–Trinajstić information content (AvgIpc) is 3.07. The zero-order valence-electron chi connectivity index (χ0n) is 10.6. The van der Waals surface area contributed by atoms with E-state index in [1.807, 2.05) is 23.1 Å². The highest BCUT2D eigenvalue weighted by Crippen LogP contribution is 2.53. The van der Waals surface area contributed by atoms with Crippen molar-refractivity contribution in [2.24, 2.45) is 5.73 Å². The molecule has 2 fully saturated rings. The maximum Gasteiger partial charge on any atom is 0.322 e. The first kappa shape index (κ1) is 11.5. The van der Waals surface area contributed by atoms with E-state index in [1.54, 1.807) is 0 Å². The molecule has 96 valence electrons. The number of rotatable bonds is 3. The van der Waals surface area contributed by atoms with Crippen LogP contribution in [0, 0.1) is 0 Å². The number of para-hydroxylation sites is 1. The summed E-state index contributed by atoms with van der Waals surface area (Å²) in [6.07, 6.45) is 2.24. The molecule has 18 heavy (non-hydrogen) atoms. The Bertz CT molecular complexity index is 480. The van der Waals surface area contributed by atoms with Gasteiger partial charge in [0.1, 0.15) is 0 Å². The minimum Gasteiger partial charge on any atom is -0.336 e. The molecular formula is C14H19N3O. The van der Waals surface area contributed by atoms with Crippen molar-refractivity contribution in [3.05, 3.63) is 29.8 Å². The van der Waals surface area contributed by atoms with Gasteiger partial charge in [0, 0.05) is 30.2 Å². The number of nitrogens with two attached hydrogens (primary N) is 1. The monoisotopic (exact) mass is 245 g/mol. The van der Waals surface area contributed by atoms with Crippen molar-refractivity contribution in [1.82, 2.24) is 5.32 Å². The highest BCUT2D eigenvalue weighted by Gasteiger charge is 2.49. The van der Waals surface area contributed by atoms with Gasteiger partial charge in [0.2, 0.25) is 0 Å². The van der Waals surface area contributed by atoms with Crippen molar-refractivity contribution in [3.63, 3.8) is 0 Å². The van der Waals surface area contributed by atoms with Crippen LogP contribution < -0.4 is 16.0 Å². The molecule has 0 bridgehead atoms. The van der Waals surface area contributed by atoms with Gasteiger partial charge in [0.25, 0.3) is 0 Å². The van der Waals surface area contributed by atoms with Gasteiger partial charge in [-0.2, -0.15) is 0 Å². The molecule has 0 aromatic heterocycles. The summed E-state index contributed by atoms with van der Waals surface area (Å²) in [5.74, 6) is 0. The standard InChI is InChI=1S/C14H19N3O/c1-10(15)14(6-7-14)11-4-2-3-5-12(11)17-9-8-16-13(17)18/h2-5,10H,6-9,15H2,1H3,(H,16,18). The summed E-state index contributed by atoms with van der Waals surface area (Å²) in [6, 6.07) is 8.31. The van der Waals surface area contributed by atoms with Gasteiger partial charge in [-0.15, -0.1) is 0 Å². The molecule has 1 atom stereocenters. The second-order valence-electron chi connectivity index (χ2n) is 5.35. The number of benzene rings is 1. The molecule has 1 saturated carbocycles. The fourth-order valence-electron chi connectivity index (χ4n) is 2.94. The van der Waals surface area contributed by atoms with E-state index >= 15 is 0 Å². The first-order valence-electron chi connectivity index (χ1n) is 6.55. The molecular weight excluding hydrogens is 226 g/mol. The molecule has 1 saturated heterocycles. The van der Waals surface area contributed by atoms with Crippen molar-refractivity contribution in [2.45, 2.75) is 31.2 Å². The summed E-state index contributed by atoms with van der Waals surface area (Å²) in [4.78, 5) is 13.7. The molecule has 1 aliphatic heterocycles. The minimum atomic E-state index is 0.00271. The third kappa shape index (κ3) is 1.60. The van der Waals surface area contributed by atoms with Crippen LogP contribution in [-0.4, -0.2) is 25.2 Å². The zero-order chi connectivity index (χ0) is 12.8. The van der Waals surface area contributed by atoms with Crippen LogP contribution in [0.4, 0.5) is 10.5 Å². The van der Waals surface area contributed by atoms with Gasteiger partial charge in [-0.1, -0.05) is 18.2 Å². The topological polar surface area (TPSA) is 58.4 Å². The fourth-order valence-corrected chi connectivity index (χ4v) is 2.94. The minimum absolute atomic E-state index is 0.00271. The van der Waals surface area contributed by atoms with Gasteiger partial charge in [-0.3, -0.25) is 4.90 Å². The number of anilines is 1. The predicted octanol–water partition coefficient (Wildman–Crippen LogP) is 1.60. The molecule has 2 aliphatic rings. The normalized spacial score (nSPS) is 22.8. The zero-order valence-corrected chi connectivity index (χ0v) is 10.6. The molecule has 2 amide bonds. The summed E-state index contributed by atoms with van der Waals surface area (Å²) in [5.41, 5.74) is 8.49. The molecule has 1 aromatic rings. The summed E-state index contributed by atoms with van der Waals surface area (Å²) < 4.78 is 0. The van der Waals surface area contributed by atoms with Crippen molar-refractivity contribution < 1.29 is 4.79 Å². The number of nitrogens with one attached hydrogen (secondary N) is 1. The van der Waals surface area contributed by atoms with Crippen LogP contribution in [0.2, 0.25) is 0 Å². The van der Waals surface area contributed by atoms with E-state index in [4.69, 9.17) is 5.73 Å². The number of carbonyl (C=O) groups is 1. The van der Waals surface area contributed by atoms with Crippen LogP contribution >= 0.6 is 0 Å². The molecule has 3 N–H and O–H groups in total. The Morgan fingerprint density at radius 3 is 2.67 bits per heavy atom. The Hall–Kier alpha value is -1.55. The van der Waals surface area contributed by atoms with E-state index in [9.17, 15) is 4.79 Å². The Morgan fingerprint density at radius 2 is 2.11 bits per heavy atom. The lowest BCUT2D eigenvalue weighted by atomic mass is 9.88. The lowest BCUT2D eigenvalue weighted by molar-refractivity contribution is 0.252. The third-order valence-electron chi connectivity index (χ3n) is 4.25. The number of carbonyl (C=O) groups excluding carboxylic acids is 1. The van der Waals surface area contributed by atoms with E-state index in [2.05, 4.69) is 18.3 Å². The second-order valence-corrected chi connectivity index (χ2v) is 5.35.